The van der Waals surface area contributed by atoms with E-state index < -0.39 is 6.10 Å². The molecule has 1 unspecified atom stereocenters. The first kappa shape index (κ1) is 19.2. The molecule has 0 radical (unpaired) electrons. The fourth-order valence-corrected chi connectivity index (χ4v) is 3.71. The van der Waals surface area contributed by atoms with Gasteiger partial charge in [0, 0.05) is 36.5 Å². The van der Waals surface area contributed by atoms with E-state index in [1.807, 2.05) is 24.1 Å². The van der Waals surface area contributed by atoms with Crippen LogP contribution in [0.15, 0.2) is 36.9 Å². The average molecular weight is 409 g/mol. The minimum Gasteiger partial charge on any atom is -0.374 e. The Bertz CT molecular complexity index is 1140. The fourth-order valence-electron chi connectivity index (χ4n) is 3.52. The Kier molecular flexibility index (Phi) is 4.69. The van der Waals surface area contributed by atoms with E-state index in [2.05, 4.69) is 46.7 Å². The van der Waals surface area contributed by atoms with E-state index >= 15 is 0 Å². The van der Waals surface area contributed by atoms with Crippen LogP contribution >= 0.6 is 11.6 Å². The molecule has 4 rings (SSSR count). The molecule has 0 fully saturated rings. The van der Waals surface area contributed by atoms with Crippen molar-refractivity contribution >= 4 is 29.1 Å². The monoisotopic (exact) mass is 408 g/mol. The highest BCUT2D eigenvalue weighted by molar-refractivity contribution is 6.33. The van der Waals surface area contributed by atoms with Gasteiger partial charge in [0.25, 0.3) is 0 Å². The van der Waals surface area contributed by atoms with Crippen LogP contribution in [0, 0.1) is 11.8 Å². The van der Waals surface area contributed by atoms with Crippen LogP contribution in [0.1, 0.15) is 36.8 Å². The third kappa shape index (κ3) is 3.65. The Morgan fingerprint density at radius 1 is 1.31 bits per heavy atom. The third-order valence-electron chi connectivity index (χ3n) is 4.93. The Hall–Kier alpha value is -3.08. The number of rotatable bonds is 2. The first-order chi connectivity index (χ1) is 13.7. The number of nitrogens with two attached hydrogens (primary N) is 1. The van der Waals surface area contributed by atoms with Crippen molar-refractivity contribution in [3.8, 4) is 11.8 Å². The largest absolute Gasteiger partial charge is 0.374 e. The van der Waals surface area contributed by atoms with Gasteiger partial charge in [-0.2, -0.15) is 4.98 Å². The molecule has 1 atom stereocenters. The molecule has 0 spiro atoms. The number of fused-ring (bicyclic) bond motifs is 1. The van der Waals surface area contributed by atoms with Crippen molar-refractivity contribution in [3.63, 3.8) is 0 Å². The molecule has 8 heteroatoms. The molecule has 3 heterocycles. The summed E-state index contributed by atoms with van der Waals surface area (Å²) < 4.78 is 1.77. The Balaban J connectivity index is 1.72. The fraction of sp³-hybridized carbons (Fsp3) is 0.286. The molecular weight excluding hydrogens is 388 g/mol. The van der Waals surface area contributed by atoms with E-state index in [0.717, 1.165) is 11.3 Å². The summed E-state index contributed by atoms with van der Waals surface area (Å²) in [5, 5.41) is 10.7. The van der Waals surface area contributed by atoms with Crippen LogP contribution in [0.3, 0.4) is 0 Å². The molecule has 0 saturated heterocycles. The molecule has 0 saturated carbocycles. The molecule has 1 aliphatic heterocycles. The van der Waals surface area contributed by atoms with Crippen molar-refractivity contribution in [2.45, 2.75) is 25.4 Å². The number of nitrogens with zero attached hydrogens (tertiary/aromatic N) is 5. The Morgan fingerprint density at radius 3 is 2.83 bits per heavy atom. The summed E-state index contributed by atoms with van der Waals surface area (Å²) >= 11 is 6.36. The van der Waals surface area contributed by atoms with Crippen LogP contribution in [-0.2, 0) is 12.5 Å². The molecule has 2 aromatic heterocycles. The summed E-state index contributed by atoms with van der Waals surface area (Å²) in [7, 11) is 1.85. The van der Waals surface area contributed by atoms with Crippen molar-refractivity contribution in [2.24, 2.45) is 7.05 Å². The lowest BCUT2D eigenvalue weighted by Gasteiger charge is -2.22. The van der Waals surface area contributed by atoms with Gasteiger partial charge in [-0.15, -0.1) is 0 Å². The third-order valence-corrected chi connectivity index (χ3v) is 5.20. The van der Waals surface area contributed by atoms with Crippen molar-refractivity contribution in [1.29, 1.82) is 0 Å². The van der Waals surface area contributed by atoms with Gasteiger partial charge in [-0.3, -0.25) is 0 Å². The van der Waals surface area contributed by atoms with Gasteiger partial charge < -0.3 is 20.3 Å². The number of imidazole rings is 1. The summed E-state index contributed by atoms with van der Waals surface area (Å²) in [4.78, 5) is 14.5. The lowest BCUT2D eigenvalue weighted by Crippen LogP contribution is -2.26. The number of hydrogen-bond acceptors (Lipinski definition) is 6. The molecule has 7 nitrogen and oxygen atoms in total. The number of anilines is 3. The Labute approximate surface area is 174 Å². The van der Waals surface area contributed by atoms with E-state index in [1.54, 1.807) is 17.1 Å². The number of aryl methyl sites for hydroxylation is 1. The molecule has 3 aromatic rings. The second-order valence-electron chi connectivity index (χ2n) is 7.74. The molecule has 0 bridgehead atoms. The zero-order valence-electron chi connectivity index (χ0n) is 16.4. The van der Waals surface area contributed by atoms with Crippen LogP contribution in [0.4, 0.5) is 17.5 Å². The maximum absolute atomic E-state index is 10.3. The normalized spacial score (nSPS) is 15.6. The second-order valence-corrected chi connectivity index (χ2v) is 8.14. The number of halogens is 1. The van der Waals surface area contributed by atoms with Crippen molar-refractivity contribution < 1.29 is 5.11 Å². The lowest BCUT2D eigenvalue weighted by molar-refractivity contribution is 0.234. The SMILES string of the molecule is Cn1cnc(C(O)C#Cc2ccc3c(c2)N(c2nc(N)ncc2Cl)CC3(C)C)c1. The van der Waals surface area contributed by atoms with Gasteiger partial charge in [0.1, 0.15) is 5.02 Å². The molecule has 29 heavy (non-hydrogen) atoms. The van der Waals surface area contributed by atoms with Crippen LogP contribution in [0.25, 0.3) is 0 Å². The van der Waals surface area contributed by atoms with Crippen molar-refractivity contribution in [1.82, 2.24) is 19.5 Å². The number of hydrogen-bond donors (Lipinski definition) is 2. The van der Waals surface area contributed by atoms with E-state index in [0.29, 0.717) is 23.1 Å². The minimum atomic E-state index is -0.951. The maximum atomic E-state index is 10.3. The summed E-state index contributed by atoms with van der Waals surface area (Å²) in [6.07, 6.45) is 3.94. The Morgan fingerprint density at radius 2 is 2.10 bits per heavy atom. The minimum absolute atomic E-state index is 0.0994. The molecule has 148 valence electrons. The molecule has 0 aliphatic carbocycles. The summed E-state index contributed by atoms with van der Waals surface area (Å²) in [5.41, 5.74) is 9.12. The van der Waals surface area contributed by atoms with Crippen LogP contribution in [0.2, 0.25) is 5.02 Å². The quantitative estimate of drug-likeness (QED) is 0.633. The van der Waals surface area contributed by atoms with Gasteiger partial charge in [-0.25, -0.2) is 9.97 Å². The average Bonchev–Trinajstić information content (AvgIpc) is 3.23. The molecular formula is C21H21ClN6O. The number of aliphatic hydroxyl groups excluding tert-OH is 1. The number of nitrogen functional groups attached to an aromatic ring is 1. The van der Waals surface area contributed by atoms with Gasteiger partial charge in [0.05, 0.1) is 18.2 Å². The molecule has 1 aromatic carbocycles. The molecule has 1 aliphatic rings. The zero-order chi connectivity index (χ0) is 20.8. The summed E-state index contributed by atoms with van der Waals surface area (Å²) in [5.74, 6) is 6.64. The van der Waals surface area contributed by atoms with Crippen molar-refractivity contribution in [3.05, 3.63) is 58.8 Å². The van der Waals surface area contributed by atoms with E-state index in [1.165, 1.54) is 11.8 Å². The van der Waals surface area contributed by atoms with Gasteiger partial charge in [0.2, 0.25) is 5.95 Å². The zero-order valence-corrected chi connectivity index (χ0v) is 17.1. The van der Waals surface area contributed by atoms with Gasteiger partial charge in [0.15, 0.2) is 11.9 Å². The number of aliphatic hydroxyl groups is 1. The second kappa shape index (κ2) is 7.07. The van der Waals surface area contributed by atoms with Crippen molar-refractivity contribution in [2.75, 3.05) is 17.2 Å². The van der Waals surface area contributed by atoms with E-state index in [9.17, 15) is 5.11 Å². The first-order valence-electron chi connectivity index (χ1n) is 9.12. The molecule has 0 amide bonds. The predicted octanol–water partition coefficient (Wildman–Crippen LogP) is 2.96. The smallest absolute Gasteiger partial charge is 0.222 e. The maximum Gasteiger partial charge on any atom is 0.222 e. The predicted molar refractivity (Wildman–Crippen MR) is 113 cm³/mol. The van der Waals surface area contributed by atoms with Gasteiger partial charge in [-0.05, 0) is 17.7 Å². The van der Waals surface area contributed by atoms with E-state index in [-0.39, 0.29) is 11.4 Å². The highest BCUT2D eigenvalue weighted by Crippen LogP contribution is 2.45. The van der Waals surface area contributed by atoms with Crippen LogP contribution in [-0.4, -0.2) is 31.2 Å². The highest BCUT2D eigenvalue weighted by atomic mass is 35.5. The van der Waals surface area contributed by atoms with Gasteiger partial charge in [-0.1, -0.05) is 43.4 Å². The first-order valence-corrected chi connectivity index (χ1v) is 9.50. The molecule has 3 N–H and O–H groups in total. The summed E-state index contributed by atoms with van der Waals surface area (Å²) in [6, 6.07) is 6.00. The van der Waals surface area contributed by atoms with E-state index in [4.69, 9.17) is 17.3 Å². The van der Waals surface area contributed by atoms with Crippen LogP contribution < -0.4 is 10.6 Å². The van der Waals surface area contributed by atoms with Crippen LogP contribution in [0.5, 0.6) is 0 Å². The summed E-state index contributed by atoms with van der Waals surface area (Å²) in [6.45, 7) is 5.03. The standard InChI is InChI=1S/C21H21ClN6O/c1-21(2)11-28(19-15(22)9-24-20(23)26-19)17-8-13(4-6-14(17)21)5-7-18(29)16-10-27(3)12-25-16/h4,6,8-10,12,18,29H,11H2,1-3H3,(H2,23,24,26). The topological polar surface area (TPSA) is 93.1 Å². The lowest BCUT2D eigenvalue weighted by atomic mass is 9.86. The number of benzene rings is 1. The highest BCUT2D eigenvalue weighted by Gasteiger charge is 2.37. The number of aromatic nitrogens is 4. The van der Waals surface area contributed by atoms with Gasteiger partial charge >= 0.3 is 0 Å².